The highest BCUT2D eigenvalue weighted by Crippen LogP contribution is 2.24. The van der Waals surface area contributed by atoms with Gasteiger partial charge in [0, 0.05) is 17.8 Å². The molecule has 0 amide bonds. The Bertz CT molecular complexity index is 910. The Morgan fingerprint density at radius 3 is 2.87 bits per heavy atom. The first-order chi connectivity index (χ1) is 11.1. The van der Waals surface area contributed by atoms with Gasteiger partial charge in [0.2, 0.25) is 5.88 Å². The van der Waals surface area contributed by atoms with Crippen molar-refractivity contribution >= 4 is 18.4 Å². The molecule has 1 N–H and O–H groups in total. The number of nitrogens with one attached hydrogen (secondary N) is 1. The van der Waals surface area contributed by atoms with Gasteiger partial charge in [0.1, 0.15) is 6.61 Å². The number of hydrogen-bond donors (Lipinski definition) is 2. The van der Waals surface area contributed by atoms with Crippen LogP contribution in [0.4, 0.5) is 0 Å². The first kappa shape index (κ1) is 15.1. The maximum absolute atomic E-state index is 11.8. The second-order valence-corrected chi connectivity index (χ2v) is 5.27. The summed E-state index contributed by atoms with van der Waals surface area (Å²) >= 11 is 4.06. The molecule has 0 saturated heterocycles. The molecule has 9 heteroatoms. The average molecular weight is 330 g/mol. The summed E-state index contributed by atoms with van der Waals surface area (Å²) in [6.45, 7) is 6.05. The number of tetrazole rings is 1. The summed E-state index contributed by atoms with van der Waals surface area (Å²) in [5.41, 5.74) is 2.65. The van der Waals surface area contributed by atoms with Gasteiger partial charge in [0.05, 0.1) is 5.69 Å². The van der Waals surface area contributed by atoms with Crippen LogP contribution in [0.3, 0.4) is 0 Å². The van der Waals surface area contributed by atoms with Gasteiger partial charge in [-0.3, -0.25) is 0 Å². The molecule has 0 aliphatic heterocycles. The zero-order valence-electron chi connectivity index (χ0n) is 12.3. The SMILES string of the molecule is C=C(C)c1cccc(-n2nn[nH]c2=O)c1COc1ccn(S)n1. The normalized spacial score (nSPS) is 10.7. The molecule has 0 saturated carbocycles. The van der Waals surface area contributed by atoms with Crippen LogP contribution in [-0.4, -0.2) is 29.4 Å². The second kappa shape index (κ2) is 6.13. The average Bonchev–Trinajstić information content (AvgIpc) is 3.13. The van der Waals surface area contributed by atoms with Crippen molar-refractivity contribution in [2.75, 3.05) is 0 Å². The molecule has 1 aromatic carbocycles. The van der Waals surface area contributed by atoms with E-state index in [2.05, 4.69) is 40.0 Å². The monoisotopic (exact) mass is 330 g/mol. The van der Waals surface area contributed by atoms with Gasteiger partial charge in [-0.05, 0) is 41.8 Å². The standard InChI is InChI=1S/C14H14N6O2S/c1-9(2)10-4-3-5-12(20-14(21)15-17-18-20)11(10)8-22-13-6-7-19(23)16-13/h3-7,23H,1,8H2,2H3,(H,15,18,21). The first-order valence-corrected chi connectivity index (χ1v) is 7.12. The Labute approximate surface area is 136 Å². The minimum atomic E-state index is -0.426. The van der Waals surface area contributed by atoms with Crippen molar-refractivity contribution in [3.63, 3.8) is 0 Å². The van der Waals surface area contributed by atoms with E-state index in [0.717, 1.165) is 16.7 Å². The highest BCUT2D eigenvalue weighted by atomic mass is 32.1. The van der Waals surface area contributed by atoms with Gasteiger partial charge in [-0.15, -0.1) is 5.10 Å². The lowest BCUT2D eigenvalue weighted by Gasteiger charge is -2.14. The molecule has 3 rings (SSSR count). The van der Waals surface area contributed by atoms with Crippen LogP contribution in [0, 0.1) is 0 Å². The Morgan fingerprint density at radius 2 is 2.26 bits per heavy atom. The van der Waals surface area contributed by atoms with Crippen LogP contribution in [0.15, 0.2) is 41.8 Å². The predicted octanol–water partition coefficient (Wildman–Crippen LogP) is 1.46. The number of H-pyrrole nitrogens is 1. The van der Waals surface area contributed by atoms with Crippen LogP contribution < -0.4 is 10.4 Å². The molecule has 0 aliphatic carbocycles. The molecule has 0 bridgehead atoms. The molecule has 0 atom stereocenters. The van der Waals surface area contributed by atoms with E-state index < -0.39 is 5.69 Å². The number of allylic oxidation sites excluding steroid dienone is 1. The third kappa shape index (κ3) is 3.04. The Kier molecular flexibility index (Phi) is 4.02. The second-order valence-electron chi connectivity index (χ2n) is 4.86. The summed E-state index contributed by atoms with van der Waals surface area (Å²) < 4.78 is 8.22. The van der Waals surface area contributed by atoms with Gasteiger partial charge in [-0.2, -0.15) is 4.68 Å². The molecule has 8 nitrogen and oxygen atoms in total. The number of rotatable bonds is 5. The zero-order chi connectivity index (χ0) is 16.4. The van der Waals surface area contributed by atoms with E-state index in [4.69, 9.17) is 4.74 Å². The Balaban J connectivity index is 2.03. The topological polar surface area (TPSA) is 90.6 Å². The maximum atomic E-state index is 11.8. The van der Waals surface area contributed by atoms with E-state index in [1.165, 1.54) is 8.77 Å². The fourth-order valence-corrected chi connectivity index (χ4v) is 2.36. The van der Waals surface area contributed by atoms with E-state index in [1.807, 2.05) is 19.1 Å². The Morgan fingerprint density at radius 1 is 1.43 bits per heavy atom. The van der Waals surface area contributed by atoms with Crippen LogP contribution in [0.25, 0.3) is 11.3 Å². The van der Waals surface area contributed by atoms with Crippen molar-refractivity contribution in [1.29, 1.82) is 0 Å². The van der Waals surface area contributed by atoms with Crippen LogP contribution in [-0.2, 0) is 6.61 Å². The smallest absolute Gasteiger partial charge is 0.365 e. The molecule has 118 valence electrons. The van der Waals surface area contributed by atoms with E-state index in [1.54, 1.807) is 18.3 Å². The highest BCUT2D eigenvalue weighted by molar-refractivity contribution is 7.78. The highest BCUT2D eigenvalue weighted by Gasteiger charge is 2.15. The zero-order valence-corrected chi connectivity index (χ0v) is 13.2. The molecule has 0 unspecified atom stereocenters. The van der Waals surface area contributed by atoms with E-state index in [-0.39, 0.29) is 6.61 Å². The van der Waals surface area contributed by atoms with Crippen LogP contribution in [0.2, 0.25) is 0 Å². The summed E-state index contributed by atoms with van der Waals surface area (Å²) in [5.74, 6) is 0.426. The minimum Gasteiger partial charge on any atom is -0.472 e. The van der Waals surface area contributed by atoms with Crippen LogP contribution in [0.1, 0.15) is 18.1 Å². The van der Waals surface area contributed by atoms with Crippen molar-refractivity contribution < 1.29 is 4.74 Å². The summed E-state index contributed by atoms with van der Waals surface area (Å²) in [7, 11) is 0. The quantitative estimate of drug-likeness (QED) is 0.691. The van der Waals surface area contributed by atoms with E-state index >= 15 is 0 Å². The van der Waals surface area contributed by atoms with Crippen molar-refractivity contribution in [2.45, 2.75) is 13.5 Å². The first-order valence-electron chi connectivity index (χ1n) is 6.72. The summed E-state index contributed by atoms with van der Waals surface area (Å²) in [6, 6.07) is 7.20. The van der Waals surface area contributed by atoms with Gasteiger partial charge < -0.3 is 4.74 Å². The minimum absolute atomic E-state index is 0.197. The molecule has 0 spiro atoms. The molecule has 3 aromatic rings. The lowest BCUT2D eigenvalue weighted by Crippen LogP contribution is -2.19. The summed E-state index contributed by atoms with van der Waals surface area (Å²) in [5, 5.41) is 13.6. The maximum Gasteiger partial charge on any atom is 0.365 e. The molecule has 2 aromatic heterocycles. The lowest BCUT2D eigenvalue weighted by molar-refractivity contribution is 0.292. The number of thiol groups is 1. The van der Waals surface area contributed by atoms with Gasteiger partial charge in [0.25, 0.3) is 0 Å². The van der Waals surface area contributed by atoms with Crippen molar-refractivity contribution in [1.82, 2.24) is 29.4 Å². The summed E-state index contributed by atoms with van der Waals surface area (Å²) in [6.07, 6.45) is 1.66. The van der Waals surface area contributed by atoms with Gasteiger partial charge in [-0.1, -0.05) is 24.3 Å². The predicted molar refractivity (Wildman–Crippen MR) is 87.6 cm³/mol. The van der Waals surface area contributed by atoms with E-state index in [9.17, 15) is 4.79 Å². The molecule has 0 radical (unpaired) electrons. The molecule has 23 heavy (non-hydrogen) atoms. The molecular formula is C14H14N6O2S. The van der Waals surface area contributed by atoms with Crippen molar-refractivity contribution in [3.05, 3.63) is 58.7 Å². The largest absolute Gasteiger partial charge is 0.472 e. The number of nitrogens with zero attached hydrogens (tertiary/aromatic N) is 5. The van der Waals surface area contributed by atoms with Crippen molar-refractivity contribution in [2.24, 2.45) is 0 Å². The van der Waals surface area contributed by atoms with Gasteiger partial charge in [0.15, 0.2) is 0 Å². The third-order valence-electron chi connectivity index (χ3n) is 3.23. The molecule has 2 heterocycles. The fraction of sp³-hybridized carbons (Fsp3) is 0.143. The number of benzene rings is 1. The van der Waals surface area contributed by atoms with Gasteiger partial charge in [-0.25, -0.2) is 14.0 Å². The van der Waals surface area contributed by atoms with Crippen LogP contribution in [0.5, 0.6) is 5.88 Å². The number of hydrogen-bond acceptors (Lipinski definition) is 6. The van der Waals surface area contributed by atoms with Gasteiger partial charge >= 0.3 is 5.69 Å². The van der Waals surface area contributed by atoms with Crippen LogP contribution >= 0.6 is 12.8 Å². The number of aromatic nitrogens is 6. The molecular weight excluding hydrogens is 316 g/mol. The fourth-order valence-electron chi connectivity index (χ4n) is 2.20. The van der Waals surface area contributed by atoms with Crippen molar-refractivity contribution in [3.8, 4) is 11.6 Å². The van der Waals surface area contributed by atoms with E-state index in [0.29, 0.717) is 11.6 Å². The molecule has 0 aliphatic rings. The Hall–Kier alpha value is -2.81. The molecule has 0 fully saturated rings. The number of ether oxygens (including phenoxy) is 1. The lowest BCUT2D eigenvalue weighted by atomic mass is 10.0. The number of aromatic amines is 1. The summed E-state index contributed by atoms with van der Waals surface area (Å²) in [4.78, 5) is 11.8. The third-order valence-corrected chi connectivity index (χ3v) is 3.45.